The Hall–Kier alpha value is -2.64. The lowest BCUT2D eigenvalue weighted by Gasteiger charge is -2.25. The van der Waals surface area contributed by atoms with E-state index < -0.39 is 0 Å². The van der Waals surface area contributed by atoms with Gasteiger partial charge in [-0.15, -0.1) is 0 Å². The van der Waals surface area contributed by atoms with Crippen molar-refractivity contribution in [3.05, 3.63) is 124 Å². The first-order valence-corrected chi connectivity index (χ1v) is 13.6. The molecule has 1 unspecified atom stereocenters. The Bertz CT molecular complexity index is 1040. The molecule has 0 radical (unpaired) electrons. The molecule has 3 aromatic rings. The molecule has 0 fully saturated rings. The van der Waals surface area contributed by atoms with Gasteiger partial charge in [0.05, 0.1) is 0 Å². The first-order chi connectivity index (χ1) is 16.1. The molecule has 0 N–H and O–H groups in total. The van der Waals surface area contributed by atoms with Gasteiger partial charge >= 0.3 is 0 Å². The van der Waals surface area contributed by atoms with Crippen molar-refractivity contribution in [1.29, 1.82) is 0 Å². The van der Waals surface area contributed by atoms with E-state index in [4.69, 9.17) is 0 Å². The first kappa shape index (κ1) is 25.0. The van der Waals surface area contributed by atoms with Gasteiger partial charge in [-0.2, -0.15) is 10.5 Å². The minimum atomic E-state index is 0.0153. The van der Waals surface area contributed by atoms with E-state index in [-0.39, 0.29) is 16.4 Å². The van der Waals surface area contributed by atoms with Gasteiger partial charge in [-0.1, -0.05) is 109 Å². The molecule has 0 amide bonds. The second kappa shape index (κ2) is 12.6. The summed E-state index contributed by atoms with van der Waals surface area (Å²) in [6.45, 7) is 8.86. The predicted octanol–water partition coefficient (Wildman–Crippen LogP) is 9.26. The Balaban J connectivity index is 1.95. The van der Waals surface area contributed by atoms with E-state index in [9.17, 15) is 0 Å². The van der Waals surface area contributed by atoms with Crippen LogP contribution in [0.2, 0.25) is 0 Å². The van der Waals surface area contributed by atoms with Crippen LogP contribution in [0.5, 0.6) is 0 Å². The number of hydrogen-bond acceptors (Lipinski definition) is 0. The molecule has 0 spiro atoms. The monoisotopic (exact) mass is 454 g/mol. The number of hydrogen-bond donors (Lipinski definition) is 0. The Morgan fingerprint density at radius 2 is 1.39 bits per heavy atom. The topological polar surface area (TPSA) is 0 Å². The minimum Gasteiger partial charge on any atom is -0.161 e. The van der Waals surface area contributed by atoms with Gasteiger partial charge in [-0.3, -0.25) is 0 Å². The lowest BCUT2D eigenvalue weighted by molar-refractivity contribution is 0.794. The molecular weight excluding hydrogens is 416 g/mol. The van der Waals surface area contributed by atoms with E-state index in [0.29, 0.717) is 0 Å². The fourth-order valence-corrected chi connectivity index (χ4v) is 6.57. The first-order valence-electron chi connectivity index (χ1n) is 12.1. The molecule has 1 heteroatoms. The molecule has 0 bridgehead atoms. The number of rotatable bonds is 10. The molecule has 3 rings (SSSR count). The van der Waals surface area contributed by atoms with Crippen molar-refractivity contribution >= 4 is 16.4 Å². The Morgan fingerprint density at radius 1 is 0.848 bits per heavy atom. The van der Waals surface area contributed by atoms with Crippen LogP contribution in [0.25, 0.3) is 0 Å². The highest BCUT2D eigenvalue weighted by atomic mass is 32.2. The van der Waals surface area contributed by atoms with Gasteiger partial charge in [-0.25, -0.2) is 0 Å². The van der Waals surface area contributed by atoms with Gasteiger partial charge in [0.2, 0.25) is 0 Å². The van der Waals surface area contributed by atoms with Crippen molar-refractivity contribution in [3.8, 4) is 0 Å². The SMILES string of the molecule is C=S(CCC/C(=C(/C=C\C)CC)C(c1ccccc1)c1ccccc1)c1c(C)cccc1C. The maximum absolute atomic E-state index is 4.59. The summed E-state index contributed by atoms with van der Waals surface area (Å²) in [6.07, 6.45) is 7.79. The fourth-order valence-electron chi connectivity index (χ4n) is 4.82. The maximum Gasteiger partial charge on any atom is 0.0304 e. The Kier molecular flexibility index (Phi) is 9.51. The third-order valence-corrected chi connectivity index (χ3v) is 8.31. The highest BCUT2D eigenvalue weighted by molar-refractivity contribution is 8.14. The van der Waals surface area contributed by atoms with Gasteiger partial charge in [0.25, 0.3) is 0 Å². The molecule has 0 saturated carbocycles. The van der Waals surface area contributed by atoms with Crippen molar-refractivity contribution in [2.75, 3.05) is 5.75 Å². The van der Waals surface area contributed by atoms with Gasteiger partial charge < -0.3 is 0 Å². The number of allylic oxidation sites excluding steroid dienone is 4. The highest BCUT2D eigenvalue weighted by Crippen LogP contribution is 2.39. The molecule has 33 heavy (non-hydrogen) atoms. The minimum absolute atomic E-state index is 0.0153. The van der Waals surface area contributed by atoms with Crippen molar-refractivity contribution in [1.82, 2.24) is 0 Å². The third-order valence-electron chi connectivity index (χ3n) is 6.31. The van der Waals surface area contributed by atoms with Crippen molar-refractivity contribution < 1.29 is 0 Å². The second-order valence-corrected chi connectivity index (χ2v) is 10.5. The molecule has 3 aromatic carbocycles. The molecular formula is C32H38S. The average molecular weight is 455 g/mol. The highest BCUT2D eigenvalue weighted by Gasteiger charge is 2.21. The zero-order chi connectivity index (χ0) is 23.6. The maximum atomic E-state index is 4.59. The summed E-state index contributed by atoms with van der Waals surface area (Å²) in [6, 6.07) is 28.6. The third kappa shape index (κ3) is 6.45. The summed E-state index contributed by atoms with van der Waals surface area (Å²) in [5.74, 6) is 5.99. The number of benzene rings is 3. The summed E-state index contributed by atoms with van der Waals surface area (Å²) in [7, 11) is 0.0153. The Morgan fingerprint density at radius 3 is 1.88 bits per heavy atom. The zero-order valence-electron chi connectivity index (χ0n) is 20.7. The van der Waals surface area contributed by atoms with Crippen molar-refractivity contribution in [2.45, 2.75) is 57.8 Å². The van der Waals surface area contributed by atoms with Crippen LogP contribution >= 0.6 is 10.5 Å². The van der Waals surface area contributed by atoms with E-state index in [1.165, 1.54) is 32.7 Å². The smallest absolute Gasteiger partial charge is 0.0304 e. The molecule has 1 atom stereocenters. The second-order valence-electron chi connectivity index (χ2n) is 8.68. The average Bonchev–Trinajstić information content (AvgIpc) is 2.83. The number of aryl methyl sites for hydroxylation is 2. The normalized spacial score (nSPS) is 13.4. The van der Waals surface area contributed by atoms with Gasteiger partial charge in [0, 0.05) is 10.8 Å². The summed E-state index contributed by atoms with van der Waals surface area (Å²) < 4.78 is 0. The van der Waals surface area contributed by atoms with Crippen molar-refractivity contribution in [3.63, 3.8) is 0 Å². The van der Waals surface area contributed by atoms with Crippen LogP contribution in [0, 0.1) is 13.8 Å². The standard InChI is InChI=1S/C32H38S/c1-6-16-27(7-2)30(23-15-24-33(5)32-25(3)17-14-18-26(32)4)31(28-19-10-8-11-20-28)29-21-12-9-13-22-29/h6,8-14,16-22,31H,5,7,15,23-24H2,1-4H3/b16-6-,30-27-. The van der Waals surface area contributed by atoms with E-state index >= 15 is 0 Å². The Labute approximate surface area is 204 Å². The van der Waals surface area contributed by atoms with Crippen LogP contribution in [0.4, 0.5) is 0 Å². The van der Waals surface area contributed by atoms with Crippen molar-refractivity contribution in [2.24, 2.45) is 0 Å². The summed E-state index contributed by atoms with van der Waals surface area (Å²) >= 11 is 0. The predicted molar refractivity (Wildman–Crippen MR) is 150 cm³/mol. The van der Waals surface area contributed by atoms with E-state index in [2.05, 4.69) is 125 Å². The summed E-state index contributed by atoms with van der Waals surface area (Å²) in [4.78, 5) is 1.45. The van der Waals surface area contributed by atoms with Gasteiger partial charge in [-0.05, 0) is 73.6 Å². The van der Waals surface area contributed by atoms with Gasteiger partial charge in [0.15, 0.2) is 0 Å². The lowest BCUT2D eigenvalue weighted by atomic mass is 9.80. The van der Waals surface area contributed by atoms with Crippen LogP contribution in [0.3, 0.4) is 0 Å². The molecule has 0 saturated heterocycles. The molecule has 0 aliphatic heterocycles. The quantitative estimate of drug-likeness (QED) is 0.211. The van der Waals surface area contributed by atoms with Crippen LogP contribution in [0.15, 0.2) is 107 Å². The molecule has 0 aromatic heterocycles. The molecule has 0 heterocycles. The summed E-state index contributed by atoms with van der Waals surface area (Å²) in [5.41, 5.74) is 8.50. The van der Waals surface area contributed by atoms with E-state index in [0.717, 1.165) is 25.0 Å². The molecule has 0 aliphatic rings. The largest absolute Gasteiger partial charge is 0.161 e. The van der Waals surface area contributed by atoms with E-state index in [1.54, 1.807) is 5.57 Å². The van der Waals surface area contributed by atoms with Gasteiger partial charge in [0.1, 0.15) is 0 Å². The van der Waals surface area contributed by atoms with Crippen LogP contribution in [0.1, 0.15) is 61.3 Å². The molecule has 172 valence electrons. The zero-order valence-corrected chi connectivity index (χ0v) is 21.5. The fraction of sp³-hybridized carbons (Fsp3) is 0.281. The van der Waals surface area contributed by atoms with Crippen LogP contribution in [-0.4, -0.2) is 11.6 Å². The molecule has 0 aliphatic carbocycles. The summed E-state index contributed by atoms with van der Waals surface area (Å²) in [5, 5.41) is 0. The molecule has 0 nitrogen and oxygen atoms in total. The lowest BCUT2D eigenvalue weighted by Crippen LogP contribution is -2.08. The van der Waals surface area contributed by atoms with E-state index in [1.807, 2.05) is 0 Å². The van der Waals surface area contributed by atoms with Crippen LogP contribution < -0.4 is 0 Å². The van der Waals surface area contributed by atoms with Crippen LogP contribution in [-0.2, 0) is 0 Å².